The SMILES string of the molecule is COC(=O)C1C2CCC(C2)C1NC(=O)CCc1cccs1. The summed E-state index contributed by atoms with van der Waals surface area (Å²) in [6.45, 7) is 0. The first-order valence-electron chi connectivity index (χ1n) is 7.58. The van der Waals surface area contributed by atoms with Crippen LogP contribution in [0.15, 0.2) is 17.5 Å². The molecule has 2 fully saturated rings. The summed E-state index contributed by atoms with van der Waals surface area (Å²) in [4.78, 5) is 25.4. The molecule has 0 radical (unpaired) electrons. The summed E-state index contributed by atoms with van der Waals surface area (Å²) in [5.41, 5.74) is 0. The van der Waals surface area contributed by atoms with Gasteiger partial charge in [0.05, 0.1) is 13.0 Å². The molecule has 2 aliphatic carbocycles. The maximum Gasteiger partial charge on any atom is 0.311 e. The fourth-order valence-corrected chi connectivity index (χ4v) is 4.63. The minimum atomic E-state index is -0.161. The number of thiophene rings is 1. The summed E-state index contributed by atoms with van der Waals surface area (Å²) < 4.78 is 4.93. The number of rotatable bonds is 5. The number of amides is 1. The monoisotopic (exact) mass is 307 g/mol. The van der Waals surface area contributed by atoms with Crippen molar-refractivity contribution in [3.8, 4) is 0 Å². The van der Waals surface area contributed by atoms with Gasteiger partial charge in [-0.15, -0.1) is 11.3 Å². The highest BCUT2D eigenvalue weighted by molar-refractivity contribution is 7.09. The Labute approximate surface area is 128 Å². The molecule has 21 heavy (non-hydrogen) atoms. The van der Waals surface area contributed by atoms with E-state index < -0.39 is 0 Å². The second kappa shape index (κ2) is 6.18. The van der Waals surface area contributed by atoms with Gasteiger partial charge in [0.2, 0.25) is 5.91 Å². The van der Waals surface area contributed by atoms with Crippen molar-refractivity contribution in [1.29, 1.82) is 0 Å². The number of carbonyl (C=O) groups excluding carboxylic acids is 2. The minimum absolute atomic E-state index is 0.0213. The average Bonchev–Trinajstić information content (AvgIpc) is 3.21. The molecule has 5 heteroatoms. The molecule has 0 aromatic carbocycles. The lowest BCUT2D eigenvalue weighted by Gasteiger charge is -2.29. The molecule has 0 spiro atoms. The van der Waals surface area contributed by atoms with Crippen LogP contribution in [0.1, 0.15) is 30.6 Å². The lowest BCUT2D eigenvalue weighted by Crippen LogP contribution is -2.47. The van der Waals surface area contributed by atoms with Gasteiger partial charge in [0, 0.05) is 17.3 Å². The van der Waals surface area contributed by atoms with Crippen molar-refractivity contribution in [2.75, 3.05) is 7.11 Å². The van der Waals surface area contributed by atoms with Crippen LogP contribution in [0.25, 0.3) is 0 Å². The molecule has 2 bridgehead atoms. The molecule has 1 amide bonds. The van der Waals surface area contributed by atoms with Crippen molar-refractivity contribution >= 4 is 23.2 Å². The summed E-state index contributed by atoms with van der Waals surface area (Å²) >= 11 is 1.67. The Morgan fingerprint density at radius 1 is 1.38 bits per heavy atom. The van der Waals surface area contributed by atoms with Gasteiger partial charge in [-0.05, 0) is 49.0 Å². The number of carbonyl (C=O) groups is 2. The standard InChI is InChI=1S/C16H21NO3S/c1-20-16(19)14-10-4-5-11(9-10)15(14)17-13(18)7-6-12-3-2-8-21-12/h2-3,8,10-11,14-15H,4-7,9H2,1H3,(H,17,18). The summed E-state index contributed by atoms with van der Waals surface area (Å²) in [6.07, 6.45) is 4.52. The molecule has 2 aliphatic rings. The normalized spacial score (nSPS) is 30.3. The minimum Gasteiger partial charge on any atom is -0.469 e. The van der Waals surface area contributed by atoms with Gasteiger partial charge in [-0.2, -0.15) is 0 Å². The summed E-state index contributed by atoms with van der Waals surface area (Å²) in [5.74, 6) is 0.592. The Kier molecular flexibility index (Phi) is 4.29. The summed E-state index contributed by atoms with van der Waals surface area (Å²) in [5, 5.41) is 5.13. The van der Waals surface area contributed by atoms with E-state index in [4.69, 9.17) is 4.74 Å². The van der Waals surface area contributed by atoms with E-state index in [0.717, 1.165) is 25.7 Å². The van der Waals surface area contributed by atoms with Crippen LogP contribution in [0.4, 0.5) is 0 Å². The largest absolute Gasteiger partial charge is 0.469 e. The van der Waals surface area contributed by atoms with E-state index in [9.17, 15) is 9.59 Å². The van der Waals surface area contributed by atoms with E-state index in [0.29, 0.717) is 18.3 Å². The number of nitrogens with one attached hydrogen (secondary N) is 1. The van der Waals surface area contributed by atoms with Gasteiger partial charge in [0.25, 0.3) is 0 Å². The van der Waals surface area contributed by atoms with Crippen LogP contribution in [0.2, 0.25) is 0 Å². The van der Waals surface area contributed by atoms with Crippen LogP contribution in [0.3, 0.4) is 0 Å². The van der Waals surface area contributed by atoms with Gasteiger partial charge in [-0.3, -0.25) is 9.59 Å². The van der Waals surface area contributed by atoms with Crippen molar-refractivity contribution in [2.24, 2.45) is 17.8 Å². The third-order valence-electron chi connectivity index (χ3n) is 4.90. The molecular weight excluding hydrogens is 286 g/mol. The Bertz CT molecular complexity index is 514. The Morgan fingerprint density at radius 2 is 2.19 bits per heavy atom. The maximum absolute atomic E-state index is 12.2. The molecule has 1 aromatic heterocycles. The zero-order valence-electron chi connectivity index (χ0n) is 12.2. The Morgan fingerprint density at radius 3 is 2.90 bits per heavy atom. The average molecular weight is 307 g/mol. The molecule has 4 atom stereocenters. The molecule has 2 saturated carbocycles. The van der Waals surface area contributed by atoms with E-state index in [-0.39, 0.29) is 23.8 Å². The van der Waals surface area contributed by atoms with Gasteiger partial charge in [0.15, 0.2) is 0 Å². The van der Waals surface area contributed by atoms with E-state index in [1.54, 1.807) is 11.3 Å². The molecule has 1 N–H and O–H groups in total. The first-order chi connectivity index (χ1) is 10.2. The smallest absolute Gasteiger partial charge is 0.311 e. The van der Waals surface area contributed by atoms with Crippen LogP contribution < -0.4 is 5.32 Å². The molecule has 114 valence electrons. The van der Waals surface area contributed by atoms with Crippen molar-refractivity contribution < 1.29 is 14.3 Å². The highest BCUT2D eigenvalue weighted by Gasteiger charge is 2.51. The maximum atomic E-state index is 12.2. The second-order valence-electron chi connectivity index (χ2n) is 6.05. The first kappa shape index (κ1) is 14.6. The van der Waals surface area contributed by atoms with Gasteiger partial charge in [-0.1, -0.05) is 6.07 Å². The molecule has 0 saturated heterocycles. The fourth-order valence-electron chi connectivity index (χ4n) is 3.92. The fraction of sp³-hybridized carbons (Fsp3) is 0.625. The van der Waals surface area contributed by atoms with E-state index in [2.05, 4.69) is 5.32 Å². The highest BCUT2D eigenvalue weighted by Crippen LogP contribution is 2.48. The predicted molar refractivity (Wildman–Crippen MR) is 80.9 cm³/mol. The van der Waals surface area contributed by atoms with Crippen LogP contribution in [-0.2, 0) is 20.7 Å². The molecule has 4 nitrogen and oxygen atoms in total. The van der Waals surface area contributed by atoms with Crippen LogP contribution in [-0.4, -0.2) is 25.0 Å². The number of fused-ring (bicyclic) bond motifs is 2. The number of hydrogen-bond donors (Lipinski definition) is 1. The van der Waals surface area contributed by atoms with E-state index >= 15 is 0 Å². The van der Waals surface area contributed by atoms with E-state index in [1.807, 2.05) is 17.5 Å². The summed E-state index contributed by atoms with van der Waals surface area (Å²) in [6, 6.07) is 4.03. The number of esters is 1. The molecule has 1 aromatic rings. The number of methoxy groups -OCH3 is 1. The summed E-state index contributed by atoms with van der Waals surface area (Å²) in [7, 11) is 1.43. The zero-order valence-corrected chi connectivity index (χ0v) is 13.0. The highest BCUT2D eigenvalue weighted by atomic mass is 32.1. The van der Waals surface area contributed by atoms with Gasteiger partial charge >= 0.3 is 5.97 Å². The third kappa shape index (κ3) is 2.98. The third-order valence-corrected chi connectivity index (χ3v) is 5.83. The van der Waals surface area contributed by atoms with Crippen molar-refractivity contribution in [3.05, 3.63) is 22.4 Å². The van der Waals surface area contributed by atoms with Crippen molar-refractivity contribution in [3.63, 3.8) is 0 Å². The first-order valence-corrected chi connectivity index (χ1v) is 8.46. The van der Waals surface area contributed by atoms with Crippen LogP contribution in [0, 0.1) is 17.8 Å². The number of ether oxygens (including phenoxy) is 1. The van der Waals surface area contributed by atoms with Gasteiger partial charge < -0.3 is 10.1 Å². The van der Waals surface area contributed by atoms with Crippen molar-refractivity contribution in [2.45, 2.75) is 38.1 Å². The van der Waals surface area contributed by atoms with Gasteiger partial charge in [0.1, 0.15) is 0 Å². The molecule has 1 heterocycles. The topological polar surface area (TPSA) is 55.4 Å². The van der Waals surface area contributed by atoms with Crippen LogP contribution >= 0.6 is 11.3 Å². The molecule has 0 aliphatic heterocycles. The second-order valence-corrected chi connectivity index (χ2v) is 7.09. The zero-order chi connectivity index (χ0) is 14.8. The molecule has 3 rings (SSSR count). The molecular formula is C16H21NO3S. The lowest BCUT2D eigenvalue weighted by atomic mass is 9.84. The number of aryl methyl sites for hydroxylation is 1. The van der Waals surface area contributed by atoms with E-state index in [1.165, 1.54) is 12.0 Å². The number of hydrogen-bond acceptors (Lipinski definition) is 4. The Balaban J connectivity index is 1.57. The van der Waals surface area contributed by atoms with Crippen molar-refractivity contribution in [1.82, 2.24) is 5.32 Å². The quantitative estimate of drug-likeness (QED) is 0.850. The van der Waals surface area contributed by atoms with Gasteiger partial charge in [-0.25, -0.2) is 0 Å². The van der Waals surface area contributed by atoms with Crippen LogP contribution in [0.5, 0.6) is 0 Å². The lowest BCUT2D eigenvalue weighted by molar-refractivity contribution is -0.148. The predicted octanol–water partition coefficient (Wildman–Crippen LogP) is 2.38. The Hall–Kier alpha value is -1.36. The molecule has 4 unspecified atom stereocenters.